The summed E-state index contributed by atoms with van der Waals surface area (Å²) in [6.45, 7) is 6.42. The fraction of sp³-hybridized carbons (Fsp3) is 0.619. The lowest BCUT2D eigenvalue weighted by atomic mass is 9.70. The summed E-state index contributed by atoms with van der Waals surface area (Å²) in [5.41, 5.74) is 0.657. The Balaban J connectivity index is 1.61. The van der Waals surface area contributed by atoms with Gasteiger partial charge in [0.15, 0.2) is 0 Å². The Morgan fingerprint density at radius 1 is 1.15 bits per heavy atom. The van der Waals surface area contributed by atoms with Gasteiger partial charge in [-0.05, 0) is 38.3 Å². The molecule has 0 radical (unpaired) electrons. The van der Waals surface area contributed by atoms with Crippen LogP contribution >= 0.6 is 0 Å². The molecule has 26 heavy (non-hydrogen) atoms. The third-order valence-corrected chi connectivity index (χ3v) is 6.16. The predicted molar refractivity (Wildman–Crippen MR) is 101 cm³/mol. The molecule has 2 heterocycles. The lowest BCUT2D eigenvalue weighted by molar-refractivity contribution is -0.139. The summed E-state index contributed by atoms with van der Waals surface area (Å²) in [6.07, 6.45) is 2.37. The van der Waals surface area contributed by atoms with Crippen molar-refractivity contribution in [1.82, 2.24) is 9.80 Å². The van der Waals surface area contributed by atoms with Gasteiger partial charge in [0.1, 0.15) is 5.78 Å². The van der Waals surface area contributed by atoms with Crippen molar-refractivity contribution in [1.29, 1.82) is 0 Å². The average molecular weight is 358 g/mol. The van der Waals surface area contributed by atoms with Crippen LogP contribution in [-0.4, -0.2) is 67.9 Å². The number of rotatable bonds is 6. The Labute approximate surface area is 156 Å². The van der Waals surface area contributed by atoms with E-state index in [9.17, 15) is 9.59 Å². The van der Waals surface area contributed by atoms with Gasteiger partial charge >= 0.3 is 0 Å². The molecule has 2 aliphatic heterocycles. The first-order valence-electron chi connectivity index (χ1n) is 9.63. The second-order valence-electron chi connectivity index (χ2n) is 7.61. The Morgan fingerprint density at radius 2 is 1.85 bits per heavy atom. The predicted octanol–water partition coefficient (Wildman–Crippen LogP) is 2.10. The van der Waals surface area contributed by atoms with E-state index in [-0.39, 0.29) is 17.6 Å². The number of methoxy groups -OCH3 is 1. The zero-order valence-electron chi connectivity index (χ0n) is 15.9. The van der Waals surface area contributed by atoms with Gasteiger partial charge in [0.05, 0.1) is 17.9 Å². The van der Waals surface area contributed by atoms with E-state index in [1.165, 1.54) is 0 Å². The minimum atomic E-state index is -0.432. The maximum absolute atomic E-state index is 12.9. The molecule has 0 aromatic heterocycles. The molecule has 0 saturated carbocycles. The summed E-state index contributed by atoms with van der Waals surface area (Å²) < 4.78 is 5.13. The second kappa shape index (κ2) is 8.31. The highest BCUT2D eigenvalue weighted by molar-refractivity contribution is 5.88. The number of carbonyl (C=O) groups excluding carboxylic acids is 2. The van der Waals surface area contributed by atoms with Gasteiger partial charge in [0.25, 0.3) is 0 Å². The highest BCUT2D eigenvalue weighted by Crippen LogP contribution is 2.37. The van der Waals surface area contributed by atoms with Gasteiger partial charge < -0.3 is 14.5 Å². The molecule has 0 bridgehead atoms. The number of hydrogen-bond donors (Lipinski definition) is 0. The Kier molecular flexibility index (Phi) is 6.09. The maximum Gasteiger partial charge on any atom is 0.227 e. The number of Topliss-reactive ketones (excluding diaryl/α,β-unsaturated/α-hetero) is 1. The van der Waals surface area contributed by atoms with Gasteiger partial charge in [0, 0.05) is 33.3 Å². The molecule has 1 aromatic carbocycles. The average Bonchev–Trinajstić information content (AvgIpc) is 3.15. The summed E-state index contributed by atoms with van der Waals surface area (Å²) >= 11 is 0. The minimum absolute atomic E-state index is 0.0911. The highest BCUT2D eigenvalue weighted by Gasteiger charge is 2.42. The van der Waals surface area contributed by atoms with Crippen molar-refractivity contribution in [3.8, 4) is 0 Å². The number of piperidine rings is 1. The number of carbonyl (C=O) groups is 2. The summed E-state index contributed by atoms with van der Waals surface area (Å²) in [6, 6.07) is 10.0. The normalized spacial score (nSPS) is 23.2. The molecule has 5 heteroatoms. The van der Waals surface area contributed by atoms with E-state index in [4.69, 9.17) is 4.74 Å². The molecule has 1 atom stereocenters. The molecule has 2 fully saturated rings. The molecule has 0 N–H and O–H groups in total. The van der Waals surface area contributed by atoms with Crippen molar-refractivity contribution >= 4 is 11.7 Å². The monoisotopic (exact) mass is 358 g/mol. The van der Waals surface area contributed by atoms with Crippen LogP contribution in [0.4, 0.5) is 0 Å². The van der Waals surface area contributed by atoms with E-state index in [2.05, 4.69) is 4.90 Å². The number of likely N-dealkylation sites (tertiary alicyclic amines) is 2. The number of nitrogens with zero attached hydrogens (tertiary/aromatic N) is 2. The molecular weight excluding hydrogens is 328 g/mol. The standard InChI is InChI=1S/C21H30N2O3/c1-17(24)21(19-6-4-3-5-7-19)9-12-23(13-10-21)20(25)18-8-11-22(16-18)14-15-26-2/h3-7,18H,8-16H2,1-2H3. The smallest absolute Gasteiger partial charge is 0.227 e. The first-order chi connectivity index (χ1) is 12.6. The van der Waals surface area contributed by atoms with Gasteiger partial charge in [-0.1, -0.05) is 30.3 Å². The maximum atomic E-state index is 12.9. The molecule has 1 unspecified atom stereocenters. The van der Waals surface area contributed by atoms with Gasteiger partial charge in [-0.25, -0.2) is 0 Å². The van der Waals surface area contributed by atoms with Crippen LogP contribution in [-0.2, 0) is 19.7 Å². The number of ether oxygens (including phenoxy) is 1. The molecule has 0 spiro atoms. The van der Waals surface area contributed by atoms with E-state index in [0.717, 1.165) is 44.5 Å². The number of hydrogen-bond acceptors (Lipinski definition) is 4. The molecule has 2 saturated heterocycles. The van der Waals surface area contributed by atoms with E-state index in [1.54, 1.807) is 14.0 Å². The number of benzene rings is 1. The zero-order chi connectivity index (χ0) is 18.6. The van der Waals surface area contributed by atoms with Crippen LogP contribution in [0.15, 0.2) is 30.3 Å². The van der Waals surface area contributed by atoms with Crippen molar-refractivity contribution in [2.75, 3.05) is 46.4 Å². The van der Waals surface area contributed by atoms with Gasteiger partial charge in [-0.15, -0.1) is 0 Å². The van der Waals surface area contributed by atoms with E-state index >= 15 is 0 Å². The molecule has 2 aliphatic rings. The first-order valence-corrected chi connectivity index (χ1v) is 9.63. The van der Waals surface area contributed by atoms with Crippen LogP contribution < -0.4 is 0 Å². The van der Waals surface area contributed by atoms with Crippen LogP contribution in [0, 0.1) is 5.92 Å². The zero-order valence-corrected chi connectivity index (χ0v) is 15.9. The summed E-state index contributed by atoms with van der Waals surface area (Å²) in [7, 11) is 1.71. The fourth-order valence-corrected chi connectivity index (χ4v) is 4.43. The van der Waals surface area contributed by atoms with Crippen molar-refractivity contribution < 1.29 is 14.3 Å². The summed E-state index contributed by atoms with van der Waals surface area (Å²) in [5.74, 6) is 0.561. The van der Waals surface area contributed by atoms with Crippen LogP contribution in [0.3, 0.4) is 0 Å². The fourth-order valence-electron chi connectivity index (χ4n) is 4.43. The number of amides is 1. The first kappa shape index (κ1) is 19.1. The van der Waals surface area contributed by atoms with E-state index < -0.39 is 5.41 Å². The molecule has 1 amide bonds. The molecule has 3 rings (SSSR count). The molecule has 1 aromatic rings. The Hall–Kier alpha value is -1.72. The van der Waals surface area contributed by atoms with E-state index in [0.29, 0.717) is 19.7 Å². The van der Waals surface area contributed by atoms with Gasteiger partial charge in [-0.2, -0.15) is 0 Å². The molecular formula is C21H30N2O3. The van der Waals surface area contributed by atoms with Crippen LogP contribution in [0.2, 0.25) is 0 Å². The van der Waals surface area contributed by atoms with E-state index in [1.807, 2.05) is 35.2 Å². The quantitative estimate of drug-likeness (QED) is 0.781. The van der Waals surface area contributed by atoms with Gasteiger partial charge in [0.2, 0.25) is 5.91 Å². The van der Waals surface area contributed by atoms with Crippen molar-refractivity contribution in [3.05, 3.63) is 35.9 Å². The van der Waals surface area contributed by atoms with Crippen molar-refractivity contribution in [3.63, 3.8) is 0 Å². The lowest BCUT2D eigenvalue weighted by Crippen LogP contribution is -2.50. The Morgan fingerprint density at radius 3 is 2.46 bits per heavy atom. The topological polar surface area (TPSA) is 49.9 Å². The van der Waals surface area contributed by atoms with Crippen LogP contribution in [0.1, 0.15) is 31.7 Å². The Bertz CT molecular complexity index is 623. The van der Waals surface area contributed by atoms with Crippen LogP contribution in [0.25, 0.3) is 0 Å². The third-order valence-electron chi connectivity index (χ3n) is 6.16. The van der Waals surface area contributed by atoms with Crippen LogP contribution in [0.5, 0.6) is 0 Å². The SMILES string of the molecule is COCCN1CCC(C(=O)N2CCC(C(C)=O)(c3ccccc3)CC2)C1. The van der Waals surface area contributed by atoms with Gasteiger partial charge in [-0.3, -0.25) is 9.59 Å². The minimum Gasteiger partial charge on any atom is -0.383 e. The summed E-state index contributed by atoms with van der Waals surface area (Å²) in [4.78, 5) is 29.7. The largest absolute Gasteiger partial charge is 0.383 e. The lowest BCUT2D eigenvalue weighted by Gasteiger charge is -2.41. The summed E-state index contributed by atoms with van der Waals surface area (Å²) in [5, 5.41) is 0. The molecule has 0 aliphatic carbocycles. The van der Waals surface area contributed by atoms with Crippen molar-refractivity contribution in [2.24, 2.45) is 5.92 Å². The third kappa shape index (κ3) is 3.84. The molecule has 142 valence electrons. The van der Waals surface area contributed by atoms with Crippen molar-refractivity contribution in [2.45, 2.75) is 31.6 Å². The second-order valence-corrected chi connectivity index (χ2v) is 7.61. The molecule has 5 nitrogen and oxygen atoms in total. The number of ketones is 1. The highest BCUT2D eigenvalue weighted by atomic mass is 16.5.